The highest BCUT2D eigenvalue weighted by atomic mass is 35.5. The zero-order chi connectivity index (χ0) is 6.62. The maximum atomic E-state index is 8.92. The van der Waals surface area contributed by atoms with Gasteiger partial charge in [-0.2, -0.15) is 0 Å². The summed E-state index contributed by atoms with van der Waals surface area (Å²) in [6.07, 6.45) is 0. The summed E-state index contributed by atoms with van der Waals surface area (Å²) in [4.78, 5) is 0. The zero-order valence-corrected chi connectivity index (χ0v) is 6.46. The minimum atomic E-state index is -0.890. The number of hydrogen-bond acceptors (Lipinski definition) is 2. The molecule has 0 radical (unpaired) electrons. The summed E-state index contributed by atoms with van der Waals surface area (Å²) in [7, 11) is 0. The van der Waals surface area contributed by atoms with Crippen LogP contribution in [0, 0.1) is 11.8 Å². The van der Waals surface area contributed by atoms with Crippen molar-refractivity contribution in [1.82, 2.24) is 0 Å². The van der Waals surface area contributed by atoms with Gasteiger partial charge in [-0.3, -0.25) is 0 Å². The summed E-state index contributed by atoms with van der Waals surface area (Å²) in [6, 6.07) is 0. The van der Waals surface area contributed by atoms with Crippen LogP contribution in [0.1, 0.15) is 13.8 Å². The van der Waals surface area contributed by atoms with E-state index in [9.17, 15) is 0 Å². The third-order valence-electron chi connectivity index (χ3n) is 0.496. The van der Waals surface area contributed by atoms with E-state index in [2.05, 4.69) is 11.8 Å². The van der Waals surface area contributed by atoms with Crippen molar-refractivity contribution in [2.45, 2.75) is 19.4 Å². The van der Waals surface area contributed by atoms with E-state index in [0.29, 0.717) is 6.54 Å². The Labute approximate surface area is 61.9 Å². The van der Waals surface area contributed by atoms with Crippen LogP contribution >= 0.6 is 12.4 Å². The van der Waals surface area contributed by atoms with E-state index in [1.54, 1.807) is 13.8 Å². The summed E-state index contributed by atoms with van der Waals surface area (Å²) >= 11 is 0. The average molecular weight is 150 g/mol. The van der Waals surface area contributed by atoms with Gasteiger partial charge in [-0.05, 0) is 13.8 Å². The first kappa shape index (κ1) is 11.6. The number of halogens is 1. The van der Waals surface area contributed by atoms with Crippen molar-refractivity contribution in [3.05, 3.63) is 0 Å². The highest BCUT2D eigenvalue weighted by Gasteiger charge is 2.04. The lowest BCUT2D eigenvalue weighted by Gasteiger charge is -2.05. The topological polar surface area (TPSA) is 46.2 Å². The summed E-state index contributed by atoms with van der Waals surface area (Å²) in [5.74, 6) is 5.12. The molecule has 0 unspecified atom stereocenters. The Bertz CT molecular complexity index is 117. The van der Waals surface area contributed by atoms with Gasteiger partial charge in [-0.1, -0.05) is 11.8 Å². The van der Waals surface area contributed by atoms with Gasteiger partial charge in [0.05, 0.1) is 6.54 Å². The van der Waals surface area contributed by atoms with Crippen LogP contribution in [0.15, 0.2) is 0 Å². The SMILES string of the molecule is CC(C)(O)C#CCN.Cl. The summed E-state index contributed by atoms with van der Waals surface area (Å²) in [5, 5.41) is 8.92. The van der Waals surface area contributed by atoms with Crippen molar-refractivity contribution in [3.8, 4) is 11.8 Å². The van der Waals surface area contributed by atoms with Gasteiger partial charge in [0.1, 0.15) is 5.60 Å². The molecule has 0 fully saturated rings. The molecule has 2 nitrogen and oxygen atoms in total. The highest BCUT2D eigenvalue weighted by molar-refractivity contribution is 5.85. The number of hydrogen-bond donors (Lipinski definition) is 2. The van der Waals surface area contributed by atoms with Crippen LogP contribution in [-0.4, -0.2) is 17.3 Å². The molecule has 0 aliphatic heterocycles. The van der Waals surface area contributed by atoms with Gasteiger partial charge in [0.15, 0.2) is 0 Å². The molecule has 0 amide bonds. The molecule has 9 heavy (non-hydrogen) atoms. The molecular formula is C6H12ClNO. The van der Waals surface area contributed by atoms with Crippen molar-refractivity contribution in [2.24, 2.45) is 5.73 Å². The van der Waals surface area contributed by atoms with E-state index in [0.717, 1.165) is 0 Å². The lowest BCUT2D eigenvalue weighted by molar-refractivity contribution is 0.143. The van der Waals surface area contributed by atoms with E-state index >= 15 is 0 Å². The predicted molar refractivity (Wildman–Crippen MR) is 40.4 cm³/mol. The van der Waals surface area contributed by atoms with E-state index < -0.39 is 5.60 Å². The Balaban J connectivity index is 0. The Morgan fingerprint density at radius 2 is 2.00 bits per heavy atom. The maximum Gasteiger partial charge on any atom is 0.120 e. The van der Waals surface area contributed by atoms with Crippen molar-refractivity contribution >= 4 is 12.4 Å². The summed E-state index contributed by atoms with van der Waals surface area (Å²) in [5.41, 5.74) is 4.16. The monoisotopic (exact) mass is 149 g/mol. The van der Waals surface area contributed by atoms with Gasteiger partial charge in [0.2, 0.25) is 0 Å². The third-order valence-corrected chi connectivity index (χ3v) is 0.496. The Kier molecular flexibility index (Phi) is 5.94. The van der Waals surface area contributed by atoms with E-state index in [4.69, 9.17) is 10.8 Å². The van der Waals surface area contributed by atoms with Crippen LogP contribution in [0.5, 0.6) is 0 Å². The Morgan fingerprint density at radius 3 is 2.11 bits per heavy atom. The number of rotatable bonds is 0. The van der Waals surface area contributed by atoms with Crippen molar-refractivity contribution in [3.63, 3.8) is 0 Å². The molecule has 0 saturated carbocycles. The number of aliphatic hydroxyl groups is 1. The zero-order valence-electron chi connectivity index (χ0n) is 5.64. The molecule has 0 aliphatic rings. The standard InChI is InChI=1S/C6H11NO.ClH/c1-6(2,8)4-3-5-7;/h8H,5,7H2,1-2H3;1H. The molecule has 0 aromatic heterocycles. The molecule has 0 aromatic carbocycles. The molecule has 3 heteroatoms. The van der Waals surface area contributed by atoms with Gasteiger partial charge in [-0.15, -0.1) is 12.4 Å². The predicted octanol–water partition coefficient (Wildman–Crippen LogP) is 0.141. The largest absolute Gasteiger partial charge is 0.378 e. The van der Waals surface area contributed by atoms with E-state index in [1.165, 1.54) is 0 Å². The van der Waals surface area contributed by atoms with Gasteiger partial charge in [0.25, 0.3) is 0 Å². The van der Waals surface area contributed by atoms with Crippen LogP contribution in [0.25, 0.3) is 0 Å². The van der Waals surface area contributed by atoms with Crippen LogP contribution in [0.3, 0.4) is 0 Å². The number of nitrogens with two attached hydrogens (primary N) is 1. The van der Waals surface area contributed by atoms with E-state index in [1.807, 2.05) is 0 Å². The molecule has 0 bridgehead atoms. The van der Waals surface area contributed by atoms with Gasteiger partial charge < -0.3 is 10.8 Å². The minimum Gasteiger partial charge on any atom is -0.378 e. The van der Waals surface area contributed by atoms with Crippen molar-refractivity contribution in [1.29, 1.82) is 0 Å². The molecule has 3 N–H and O–H groups in total. The van der Waals surface area contributed by atoms with Crippen molar-refractivity contribution < 1.29 is 5.11 Å². The summed E-state index contributed by atoms with van der Waals surface area (Å²) in [6.45, 7) is 3.55. The maximum absolute atomic E-state index is 8.92. The molecule has 0 atom stereocenters. The fourth-order valence-corrected chi connectivity index (χ4v) is 0.267. The van der Waals surface area contributed by atoms with Crippen LogP contribution in [0.4, 0.5) is 0 Å². The molecule has 0 saturated heterocycles. The molecule has 0 heterocycles. The average Bonchev–Trinajstić information content (AvgIpc) is 1.59. The fourth-order valence-electron chi connectivity index (χ4n) is 0.267. The van der Waals surface area contributed by atoms with Crippen LogP contribution < -0.4 is 5.73 Å². The first-order chi connectivity index (χ1) is 3.56. The minimum absolute atomic E-state index is 0. The van der Waals surface area contributed by atoms with E-state index in [-0.39, 0.29) is 12.4 Å². The second kappa shape index (κ2) is 4.63. The summed E-state index contributed by atoms with van der Waals surface area (Å²) < 4.78 is 0. The normalized spacial score (nSPS) is 8.89. The molecule has 0 spiro atoms. The Hall–Kier alpha value is -0.230. The highest BCUT2D eigenvalue weighted by Crippen LogP contribution is 1.95. The van der Waals surface area contributed by atoms with Gasteiger partial charge in [-0.25, -0.2) is 0 Å². The third kappa shape index (κ3) is 11.4. The molecule has 0 aromatic rings. The molecule has 0 rings (SSSR count). The van der Waals surface area contributed by atoms with Crippen LogP contribution in [0.2, 0.25) is 0 Å². The second-order valence-corrected chi connectivity index (χ2v) is 2.06. The fraction of sp³-hybridized carbons (Fsp3) is 0.667. The smallest absolute Gasteiger partial charge is 0.120 e. The first-order valence-corrected chi connectivity index (χ1v) is 2.49. The Morgan fingerprint density at radius 1 is 1.56 bits per heavy atom. The first-order valence-electron chi connectivity index (χ1n) is 2.49. The molecule has 54 valence electrons. The van der Waals surface area contributed by atoms with Crippen LogP contribution in [-0.2, 0) is 0 Å². The second-order valence-electron chi connectivity index (χ2n) is 2.06. The lowest BCUT2D eigenvalue weighted by Crippen LogP contribution is -2.15. The van der Waals surface area contributed by atoms with Gasteiger partial charge >= 0.3 is 0 Å². The van der Waals surface area contributed by atoms with Crippen molar-refractivity contribution in [2.75, 3.05) is 6.54 Å². The molecular weight excluding hydrogens is 138 g/mol. The quantitative estimate of drug-likeness (QED) is 0.482. The lowest BCUT2D eigenvalue weighted by atomic mass is 10.1. The molecule has 0 aliphatic carbocycles. The van der Waals surface area contributed by atoms with Gasteiger partial charge in [0, 0.05) is 0 Å².